The van der Waals surface area contributed by atoms with E-state index in [-0.39, 0.29) is 18.3 Å². The molecule has 1 atom stereocenters. The molecule has 0 aliphatic heterocycles. The molecule has 1 aromatic heterocycles. The molecular weight excluding hydrogens is 266 g/mol. The maximum absolute atomic E-state index is 11.1. The maximum atomic E-state index is 11.1. The summed E-state index contributed by atoms with van der Waals surface area (Å²) in [5.41, 5.74) is 1.16. The van der Waals surface area contributed by atoms with Crippen LogP contribution in [0.4, 0.5) is 11.4 Å². The van der Waals surface area contributed by atoms with Gasteiger partial charge in [0.1, 0.15) is 5.69 Å². The van der Waals surface area contributed by atoms with Crippen molar-refractivity contribution >= 4 is 32.9 Å². The van der Waals surface area contributed by atoms with Crippen molar-refractivity contribution in [3.05, 3.63) is 27.3 Å². The molecule has 0 spiro atoms. The highest BCUT2D eigenvalue weighted by Gasteiger charge is 2.19. The lowest BCUT2D eigenvalue weighted by Gasteiger charge is -2.15. The number of nitrogens with one attached hydrogen (secondary N) is 1. The fourth-order valence-electron chi connectivity index (χ4n) is 1.84. The summed E-state index contributed by atoms with van der Waals surface area (Å²) in [6, 6.07) is 3.01. The minimum Gasteiger partial charge on any atom is -0.394 e. The number of fused-ring (bicyclic) bond motifs is 1. The number of nitro groups is 1. The third-order valence-electron chi connectivity index (χ3n) is 2.88. The number of nitro benzene ring substituents is 1. The van der Waals surface area contributed by atoms with E-state index in [1.165, 1.54) is 17.4 Å². The van der Waals surface area contributed by atoms with Crippen molar-refractivity contribution in [2.45, 2.75) is 26.3 Å². The second kappa shape index (κ2) is 5.50. The number of aromatic nitrogens is 1. The van der Waals surface area contributed by atoms with Gasteiger partial charge in [-0.3, -0.25) is 10.1 Å². The third-order valence-corrected chi connectivity index (χ3v) is 3.82. The van der Waals surface area contributed by atoms with Crippen LogP contribution in [0.2, 0.25) is 0 Å². The van der Waals surface area contributed by atoms with Crippen LogP contribution < -0.4 is 5.32 Å². The Morgan fingerprint density at radius 2 is 2.32 bits per heavy atom. The van der Waals surface area contributed by atoms with Crippen LogP contribution in [-0.2, 0) is 0 Å². The summed E-state index contributed by atoms with van der Waals surface area (Å²) in [5.74, 6) is 0. The molecule has 1 aromatic carbocycles. The molecule has 2 aromatic rings. The average molecular weight is 281 g/mol. The number of aliphatic hydroxyl groups is 1. The van der Waals surface area contributed by atoms with E-state index in [1.807, 2.05) is 13.8 Å². The van der Waals surface area contributed by atoms with E-state index >= 15 is 0 Å². The van der Waals surface area contributed by atoms with Gasteiger partial charge in [0, 0.05) is 12.1 Å². The van der Waals surface area contributed by atoms with Gasteiger partial charge in [-0.05, 0) is 19.4 Å². The first-order valence-electron chi connectivity index (χ1n) is 5.98. The lowest BCUT2D eigenvalue weighted by Crippen LogP contribution is -2.23. The Kier molecular flexibility index (Phi) is 3.96. The van der Waals surface area contributed by atoms with Crippen LogP contribution in [0.25, 0.3) is 10.2 Å². The van der Waals surface area contributed by atoms with Crippen molar-refractivity contribution in [1.82, 2.24) is 4.98 Å². The highest BCUT2D eigenvalue weighted by atomic mass is 32.1. The second-order valence-corrected chi connectivity index (χ2v) is 5.49. The van der Waals surface area contributed by atoms with Crippen molar-refractivity contribution in [2.24, 2.45) is 0 Å². The summed E-state index contributed by atoms with van der Waals surface area (Å²) < 4.78 is 0.798. The number of rotatable bonds is 5. The summed E-state index contributed by atoms with van der Waals surface area (Å²) in [4.78, 5) is 15.0. The minimum absolute atomic E-state index is 0.0167. The van der Waals surface area contributed by atoms with E-state index in [4.69, 9.17) is 0 Å². The SMILES string of the molecule is CCC(CO)Nc1cc2nc(C)sc2cc1[N+](=O)[O-]. The Balaban J connectivity index is 2.49. The van der Waals surface area contributed by atoms with Crippen molar-refractivity contribution < 1.29 is 10.0 Å². The molecule has 0 aliphatic rings. The molecule has 0 radical (unpaired) electrons. The largest absolute Gasteiger partial charge is 0.394 e. The molecule has 0 fully saturated rings. The zero-order valence-corrected chi connectivity index (χ0v) is 11.5. The lowest BCUT2D eigenvalue weighted by molar-refractivity contribution is -0.383. The molecule has 6 nitrogen and oxygen atoms in total. The summed E-state index contributed by atoms with van der Waals surface area (Å²) in [7, 11) is 0. The molecule has 2 rings (SSSR count). The smallest absolute Gasteiger partial charge is 0.293 e. The standard InChI is InChI=1S/C12H15N3O3S/c1-3-8(6-16)14-9-4-10-12(19-7(2)13-10)5-11(9)15(17)18/h4-5,8,14,16H,3,6H2,1-2H3. The number of nitrogens with zero attached hydrogens (tertiary/aromatic N) is 2. The van der Waals surface area contributed by atoms with Gasteiger partial charge in [-0.25, -0.2) is 4.98 Å². The Bertz CT molecular complexity index is 608. The van der Waals surface area contributed by atoms with Crippen molar-refractivity contribution in [3.8, 4) is 0 Å². The van der Waals surface area contributed by atoms with Crippen LogP contribution in [0, 0.1) is 17.0 Å². The topological polar surface area (TPSA) is 88.3 Å². The van der Waals surface area contributed by atoms with E-state index in [0.29, 0.717) is 12.1 Å². The van der Waals surface area contributed by atoms with Crippen molar-refractivity contribution in [3.63, 3.8) is 0 Å². The molecule has 2 N–H and O–H groups in total. The van der Waals surface area contributed by atoms with Crippen LogP contribution in [0.3, 0.4) is 0 Å². The van der Waals surface area contributed by atoms with Crippen LogP contribution >= 0.6 is 11.3 Å². The fourth-order valence-corrected chi connectivity index (χ4v) is 2.68. The van der Waals surface area contributed by atoms with Crippen LogP contribution in [0.5, 0.6) is 0 Å². The highest BCUT2D eigenvalue weighted by Crippen LogP contribution is 2.33. The molecule has 0 bridgehead atoms. The molecule has 0 saturated heterocycles. The molecule has 7 heteroatoms. The zero-order chi connectivity index (χ0) is 14.0. The first kappa shape index (κ1) is 13.7. The Hall–Kier alpha value is -1.73. The van der Waals surface area contributed by atoms with Crippen LogP contribution in [-0.4, -0.2) is 27.7 Å². The van der Waals surface area contributed by atoms with E-state index in [9.17, 15) is 15.2 Å². The molecule has 0 saturated carbocycles. The first-order chi connectivity index (χ1) is 9.05. The Labute approximate surface area is 114 Å². The van der Waals surface area contributed by atoms with E-state index < -0.39 is 4.92 Å². The van der Waals surface area contributed by atoms with Crippen LogP contribution in [0.1, 0.15) is 18.4 Å². The van der Waals surface area contributed by atoms with Crippen LogP contribution in [0.15, 0.2) is 12.1 Å². The average Bonchev–Trinajstić information content (AvgIpc) is 2.73. The van der Waals surface area contributed by atoms with Crippen molar-refractivity contribution in [2.75, 3.05) is 11.9 Å². The van der Waals surface area contributed by atoms with E-state index in [1.54, 1.807) is 6.07 Å². The number of hydrogen-bond acceptors (Lipinski definition) is 6. The number of hydrogen-bond donors (Lipinski definition) is 2. The monoisotopic (exact) mass is 281 g/mol. The molecule has 0 aliphatic carbocycles. The van der Waals surface area contributed by atoms with E-state index in [0.717, 1.165) is 15.2 Å². The zero-order valence-electron chi connectivity index (χ0n) is 10.7. The number of aliphatic hydroxyl groups excluding tert-OH is 1. The highest BCUT2D eigenvalue weighted by molar-refractivity contribution is 7.18. The summed E-state index contributed by atoms with van der Waals surface area (Å²) >= 11 is 1.43. The molecule has 19 heavy (non-hydrogen) atoms. The Morgan fingerprint density at radius 1 is 1.58 bits per heavy atom. The molecular formula is C12H15N3O3S. The normalized spacial score (nSPS) is 12.6. The minimum atomic E-state index is -0.416. The van der Waals surface area contributed by atoms with Gasteiger partial charge in [-0.15, -0.1) is 11.3 Å². The maximum Gasteiger partial charge on any atom is 0.293 e. The fraction of sp³-hybridized carbons (Fsp3) is 0.417. The number of aryl methyl sites for hydroxylation is 1. The second-order valence-electron chi connectivity index (χ2n) is 4.26. The quantitative estimate of drug-likeness (QED) is 0.649. The van der Waals surface area contributed by atoms with E-state index in [2.05, 4.69) is 10.3 Å². The number of thiazole rings is 1. The lowest BCUT2D eigenvalue weighted by atomic mass is 10.2. The molecule has 1 unspecified atom stereocenters. The van der Waals surface area contributed by atoms with Gasteiger partial charge in [0.25, 0.3) is 5.69 Å². The van der Waals surface area contributed by atoms with Gasteiger partial charge < -0.3 is 10.4 Å². The van der Waals surface area contributed by atoms with Crippen molar-refractivity contribution in [1.29, 1.82) is 0 Å². The van der Waals surface area contributed by atoms with Gasteiger partial charge in [-0.2, -0.15) is 0 Å². The molecule has 1 heterocycles. The Morgan fingerprint density at radius 3 is 2.89 bits per heavy atom. The van der Waals surface area contributed by atoms with Gasteiger partial charge in [0.05, 0.1) is 26.8 Å². The van der Waals surface area contributed by atoms with Gasteiger partial charge >= 0.3 is 0 Å². The summed E-state index contributed by atoms with van der Waals surface area (Å²) in [5, 5.41) is 24.2. The molecule has 102 valence electrons. The number of anilines is 1. The first-order valence-corrected chi connectivity index (χ1v) is 6.79. The predicted molar refractivity (Wildman–Crippen MR) is 75.8 cm³/mol. The predicted octanol–water partition coefficient (Wildman–Crippen LogP) is 2.70. The van der Waals surface area contributed by atoms with Gasteiger partial charge in [0.2, 0.25) is 0 Å². The molecule has 0 amide bonds. The van der Waals surface area contributed by atoms with Gasteiger partial charge in [0.15, 0.2) is 0 Å². The summed E-state index contributed by atoms with van der Waals surface area (Å²) in [6.45, 7) is 3.71. The van der Waals surface area contributed by atoms with Gasteiger partial charge in [-0.1, -0.05) is 6.92 Å². The number of benzene rings is 1. The third kappa shape index (κ3) is 2.82. The summed E-state index contributed by atoms with van der Waals surface area (Å²) in [6.07, 6.45) is 0.682.